The van der Waals surface area contributed by atoms with Gasteiger partial charge in [0, 0.05) is 23.8 Å². The number of carbonyl (C=O) groups excluding carboxylic acids is 3. The highest BCUT2D eigenvalue weighted by molar-refractivity contribution is 6.26. The van der Waals surface area contributed by atoms with Crippen LogP contribution in [0.5, 0.6) is 0 Å². The van der Waals surface area contributed by atoms with Gasteiger partial charge in [0.05, 0.1) is 17.5 Å². The number of likely N-dealkylation sites (N-methyl/N-ethyl adjacent to an activating group) is 1. The molecule has 0 N–H and O–H groups in total. The topological polar surface area (TPSA) is 60.9 Å². The van der Waals surface area contributed by atoms with Gasteiger partial charge in [0.1, 0.15) is 5.54 Å². The van der Waals surface area contributed by atoms with Crippen molar-refractivity contribution in [1.29, 1.82) is 0 Å². The van der Waals surface area contributed by atoms with E-state index < -0.39 is 17.4 Å². The quantitative estimate of drug-likeness (QED) is 0.688. The van der Waals surface area contributed by atoms with E-state index in [1.54, 1.807) is 4.90 Å². The van der Waals surface area contributed by atoms with Crippen molar-refractivity contribution in [2.45, 2.75) is 45.2 Å². The number of anilines is 2. The standard InChI is InChI=1S/C26H27N3O3/c1-4-27-19-9-6-5-8-17(19)26(25(27)32)22-21(20-10-7-13-28(20)26)23(30)29(24(22)31)18-12-11-15(2)14-16(18)3/h5-6,8-9,11-12,14,20-22H,4,7,10,13H2,1-3H3/t20-,21-,22-,26+/m1/s1. The van der Waals surface area contributed by atoms with Crippen molar-refractivity contribution >= 4 is 29.1 Å². The normalized spacial score (nSPS) is 31.1. The Morgan fingerprint density at radius 2 is 1.78 bits per heavy atom. The van der Waals surface area contributed by atoms with Crippen molar-refractivity contribution in [3.8, 4) is 0 Å². The zero-order valence-corrected chi connectivity index (χ0v) is 18.7. The number of fused-ring (bicyclic) bond motifs is 7. The molecule has 3 amide bonds. The fourth-order valence-electron chi connectivity index (χ4n) is 6.95. The lowest BCUT2D eigenvalue weighted by Crippen LogP contribution is -2.56. The van der Waals surface area contributed by atoms with Crippen molar-refractivity contribution in [2.24, 2.45) is 11.8 Å². The molecule has 32 heavy (non-hydrogen) atoms. The molecule has 0 bridgehead atoms. The molecule has 6 nitrogen and oxygen atoms in total. The second kappa shape index (κ2) is 6.51. The maximum Gasteiger partial charge on any atom is 0.253 e. The van der Waals surface area contributed by atoms with Crippen molar-refractivity contribution < 1.29 is 14.4 Å². The zero-order chi connectivity index (χ0) is 22.4. The van der Waals surface area contributed by atoms with Crippen LogP contribution in [0.2, 0.25) is 0 Å². The molecule has 0 aliphatic carbocycles. The molecule has 2 aromatic rings. The van der Waals surface area contributed by atoms with Gasteiger partial charge in [0.25, 0.3) is 5.91 Å². The van der Waals surface area contributed by atoms with Crippen LogP contribution in [0.4, 0.5) is 11.4 Å². The molecule has 4 aliphatic heterocycles. The van der Waals surface area contributed by atoms with Crippen LogP contribution in [-0.4, -0.2) is 41.8 Å². The average Bonchev–Trinajstić information content (AvgIpc) is 3.47. The second-order valence-corrected chi connectivity index (χ2v) is 9.54. The fraction of sp³-hybridized carbons (Fsp3) is 0.423. The molecule has 164 valence electrons. The highest BCUT2D eigenvalue weighted by Crippen LogP contribution is 2.61. The van der Waals surface area contributed by atoms with Gasteiger partial charge in [-0.2, -0.15) is 0 Å². The third-order valence-corrected chi connectivity index (χ3v) is 8.05. The van der Waals surface area contributed by atoms with E-state index in [1.807, 2.05) is 63.2 Å². The van der Waals surface area contributed by atoms with Gasteiger partial charge in [-0.25, -0.2) is 4.90 Å². The Morgan fingerprint density at radius 3 is 2.53 bits per heavy atom. The Morgan fingerprint density at radius 1 is 1.00 bits per heavy atom. The number of rotatable bonds is 2. The molecular formula is C26H27N3O3. The third kappa shape index (κ3) is 2.11. The van der Waals surface area contributed by atoms with E-state index in [-0.39, 0.29) is 23.8 Å². The Labute approximate surface area is 187 Å². The van der Waals surface area contributed by atoms with Gasteiger partial charge >= 0.3 is 0 Å². The predicted octanol–water partition coefficient (Wildman–Crippen LogP) is 3.15. The summed E-state index contributed by atoms with van der Waals surface area (Å²) >= 11 is 0. The lowest BCUT2D eigenvalue weighted by molar-refractivity contribution is -0.137. The number of benzene rings is 2. The summed E-state index contributed by atoms with van der Waals surface area (Å²) in [5, 5.41) is 0. The Kier molecular flexibility index (Phi) is 4.01. The van der Waals surface area contributed by atoms with Crippen molar-refractivity contribution in [3.63, 3.8) is 0 Å². The largest absolute Gasteiger partial charge is 0.310 e. The molecule has 4 aliphatic rings. The van der Waals surface area contributed by atoms with Crippen LogP contribution in [0, 0.1) is 25.7 Å². The summed E-state index contributed by atoms with van der Waals surface area (Å²) in [6, 6.07) is 13.5. The summed E-state index contributed by atoms with van der Waals surface area (Å²) in [5.74, 6) is -1.61. The zero-order valence-electron chi connectivity index (χ0n) is 18.7. The number of imide groups is 1. The summed E-state index contributed by atoms with van der Waals surface area (Å²) in [4.78, 5) is 47.4. The first kappa shape index (κ1) is 19.7. The Bertz CT molecular complexity index is 1190. The first-order chi connectivity index (χ1) is 15.4. The molecule has 0 unspecified atom stereocenters. The molecule has 6 rings (SSSR count). The van der Waals surface area contributed by atoms with Crippen molar-refractivity contribution in [2.75, 3.05) is 22.9 Å². The second-order valence-electron chi connectivity index (χ2n) is 9.54. The molecule has 4 atom stereocenters. The van der Waals surface area contributed by atoms with Crippen LogP contribution in [0.1, 0.15) is 36.5 Å². The number of aryl methyl sites for hydroxylation is 2. The minimum atomic E-state index is -1.08. The number of carbonyl (C=O) groups is 3. The van der Waals surface area contributed by atoms with Gasteiger partial charge in [0.15, 0.2) is 0 Å². The summed E-state index contributed by atoms with van der Waals surface area (Å²) in [6.45, 7) is 7.17. The summed E-state index contributed by atoms with van der Waals surface area (Å²) < 4.78 is 0. The lowest BCUT2D eigenvalue weighted by Gasteiger charge is -2.37. The number of amides is 3. The lowest BCUT2D eigenvalue weighted by atomic mass is 9.75. The predicted molar refractivity (Wildman–Crippen MR) is 121 cm³/mol. The van der Waals surface area contributed by atoms with Gasteiger partial charge in [-0.05, 0) is 57.9 Å². The molecule has 3 saturated heterocycles. The molecular weight excluding hydrogens is 402 g/mol. The maximum atomic E-state index is 14.1. The first-order valence-electron chi connectivity index (χ1n) is 11.6. The number of hydrogen-bond donors (Lipinski definition) is 0. The van der Waals surface area contributed by atoms with Gasteiger partial charge in [-0.3, -0.25) is 19.3 Å². The smallest absolute Gasteiger partial charge is 0.253 e. The SMILES string of the molecule is CCN1C(=O)[C@]2(c3ccccc31)[C@H]1C(=O)N(c3ccc(C)cc3C)C(=O)[C@@H]1[C@H]1CCCN12. The number of para-hydroxylation sites is 1. The number of nitrogens with zero attached hydrogens (tertiary/aromatic N) is 3. The summed E-state index contributed by atoms with van der Waals surface area (Å²) in [5.41, 5.74) is 3.30. The van der Waals surface area contributed by atoms with Gasteiger partial charge in [-0.15, -0.1) is 0 Å². The molecule has 4 heterocycles. The van der Waals surface area contributed by atoms with Gasteiger partial charge < -0.3 is 4.90 Å². The van der Waals surface area contributed by atoms with Crippen molar-refractivity contribution in [3.05, 3.63) is 59.2 Å². The van der Waals surface area contributed by atoms with Crippen molar-refractivity contribution in [1.82, 2.24) is 4.90 Å². The third-order valence-electron chi connectivity index (χ3n) is 8.05. The minimum Gasteiger partial charge on any atom is -0.310 e. The Hall–Kier alpha value is -2.99. The molecule has 3 fully saturated rings. The van der Waals surface area contributed by atoms with E-state index >= 15 is 0 Å². The van der Waals surface area contributed by atoms with Crippen LogP contribution in [0.25, 0.3) is 0 Å². The highest BCUT2D eigenvalue weighted by atomic mass is 16.2. The molecule has 0 saturated carbocycles. The van der Waals surface area contributed by atoms with E-state index in [1.165, 1.54) is 4.90 Å². The van der Waals surface area contributed by atoms with Gasteiger partial charge in [0.2, 0.25) is 11.8 Å². The maximum absolute atomic E-state index is 14.1. The monoisotopic (exact) mass is 429 g/mol. The summed E-state index contributed by atoms with van der Waals surface area (Å²) in [7, 11) is 0. The Balaban J connectivity index is 1.57. The highest BCUT2D eigenvalue weighted by Gasteiger charge is 2.75. The van der Waals surface area contributed by atoms with Crippen LogP contribution >= 0.6 is 0 Å². The first-order valence-corrected chi connectivity index (χ1v) is 11.6. The molecule has 6 heteroatoms. The van der Waals surface area contributed by atoms with Gasteiger partial charge in [-0.1, -0.05) is 35.9 Å². The molecule has 0 radical (unpaired) electrons. The molecule has 0 aromatic heterocycles. The van der Waals surface area contributed by atoms with E-state index in [9.17, 15) is 14.4 Å². The van der Waals surface area contributed by atoms with E-state index in [2.05, 4.69) is 4.90 Å². The minimum absolute atomic E-state index is 0.0516. The van der Waals surface area contributed by atoms with Crippen LogP contribution < -0.4 is 9.80 Å². The van der Waals surface area contributed by atoms with E-state index in [4.69, 9.17) is 0 Å². The van der Waals surface area contributed by atoms with Crippen LogP contribution in [0.3, 0.4) is 0 Å². The van der Waals surface area contributed by atoms with Crippen LogP contribution in [-0.2, 0) is 19.9 Å². The fourth-order valence-corrected chi connectivity index (χ4v) is 6.95. The molecule has 1 spiro atoms. The number of hydrogen-bond acceptors (Lipinski definition) is 4. The molecule has 2 aromatic carbocycles. The van der Waals surface area contributed by atoms with E-state index in [0.29, 0.717) is 12.2 Å². The van der Waals surface area contributed by atoms with E-state index in [0.717, 1.165) is 41.8 Å². The van der Waals surface area contributed by atoms with Crippen LogP contribution in [0.15, 0.2) is 42.5 Å². The average molecular weight is 430 g/mol. The summed E-state index contributed by atoms with van der Waals surface area (Å²) in [6.07, 6.45) is 1.77.